The number of carbonyl (C=O) groups is 6. The van der Waals surface area contributed by atoms with Crippen molar-refractivity contribution < 1.29 is 39.0 Å². The van der Waals surface area contributed by atoms with Gasteiger partial charge in [0.2, 0.25) is 11.8 Å². The summed E-state index contributed by atoms with van der Waals surface area (Å²) in [4.78, 5) is 82.1. The third kappa shape index (κ3) is 10.0. The van der Waals surface area contributed by atoms with Gasteiger partial charge in [0.25, 0.3) is 5.91 Å². The van der Waals surface area contributed by atoms with E-state index in [9.17, 15) is 39.0 Å². The van der Waals surface area contributed by atoms with Crippen molar-refractivity contribution in [3.8, 4) is 0 Å². The van der Waals surface area contributed by atoms with Crippen molar-refractivity contribution in [2.24, 2.45) is 16.5 Å². The van der Waals surface area contributed by atoms with Gasteiger partial charge in [-0.1, -0.05) is 60.7 Å². The number of amides is 5. The quantitative estimate of drug-likeness (QED) is 0.0606. The Morgan fingerprint density at radius 3 is 2.16 bits per heavy atom. The van der Waals surface area contributed by atoms with Gasteiger partial charge in [0.05, 0.1) is 6.42 Å². The van der Waals surface area contributed by atoms with Gasteiger partial charge in [0.1, 0.15) is 18.6 Å². The van der Waals surface area contributed by atoms with Crippen LogP contribution in [0.3, 0.4) is 0 Å². The Hall–Kier alpha value is -5.47. The zero-order valence-electron chi connectivity index (χ0n) is 24.5. The van der Waals surface area contributed by atoms with E-state index in [1.807, 2.05) is 30.3 Å². The lowest BCUT2D eigenvalue weighted by atomic mass is 10.1. The summed E-state index contributed by atoms with van der Waals surface area (Å²) in [5.74, 6) is -5.63. The molecule has 1 saturated heterocycles. The van der Waals surface area contributed by atoms with E-state index in [2.05, 4.69) is 15.6 Å². The fourth-order valence-electron chi connectivity index (χ4n) is 4.91. The van der Waals surface area contributed by atoms with Crippen LogP contribution >= 0.6 is 0 Å². The van der Waals surface area contributed by atoms with Gasteiger partial charge in [-0.2, -0.15) is 0 Å². The molecule has 2 aromatic rings. The minimum absolute atomic E-state index is 0.111. The molecule has 3 atom stereocenters. The Balaban J connectivity index is 1.71. The molecule has 0 spiro atoms. The molecule has 1 fully saturated rings. The summed E-state index contributed by atoms with van der Waals surface area (Å²) in [6.07, 6.45) is 0.918. The summed E-state index contributed by atoms with van der Waals surface area (Å²) in [6.45, 7) is -0.322. The van der Waals surface area contributed by atoms with E-state index in [-0.39, 0.29) is 31.0 Å². The van der Waals surface area contributed by atoms with E-state index < -0.39 is 66.8 Å². The fraction of sp³-hybridized carbons (Fsp3) is 0.367. The molecule has 240 valence electrons. The molecule has 0 aromatic heterocycles. The van der Waals surface area contributed by atoms with Crippen molar-refractivity contribution in [1.82, 2.24) is 20.4 Å². The number of imide groups is 1. The number of urea groups is 1. The maximum absolute atomic E-state index is 13.4. The molecule has 15 nitrogen and oxygen atoms in total. The van der Waals surface area contributed by atoms with Gasteiger partial charge >= 0.3 is 18.0 Å². The molecule has 3 rings (SSSR count). The predicted octanol–water partition coefficient (Wildman–Crippen LogP) is 0.207. The highest BCUT2D eigenvalue weighted by molar-refractivity contribution is 6.06. The molecule has 1 aliphatic heterocycles. The number of carbonyl (C=O) groups excluding carboxylic acids is 4. The lowest BCUT2D eigenvalue weighted by molar-refractivity contribution is -0.143. The number of aliphatic imine (C=N–C) groups is 1. The van der Waals surface area contributed by atoms with Crippen LogP contribution in [0.2, 0.25) is 0 Å². The number of hydrogen-bond donors (Lipinski definition) is 6. The molecule has 2 aromatic carbocycles. The second kappa shape index (κ2) is 16.4. The van der Waals surface area contributed by atoms with Crippen LogP contribution in [0.15, 0.2) is 65.7 Å². The Labute approximate surface area is 259 Å². The molecular weight excluding hydrogens is 586 g/mol. The Kier molecular flexibility index (Phi) is 12.4. The number of nitrogens with zero attached hydrogens (tertiary/aromatic N) is 3. The van der Waals surface area contributed by atoms with Crippen LogP contribution in [-0.4, -0.2) is 93.4 Å². The predicted molar refractivity (Wildman–Crippen MR) is 161 cm³/mol. The van der Waals surface area contributed by atoms with Crippen LogP contribution in [0.25, 0.3) is 0 Å². The zero-order chi connectivity index (χ0) is 32.9. The van der Waals surface area contributed by atoms with Crippen LogP contribution in [0.5, 0.6) is 0 Å². The molecule has 0 radical (unpaired) electrons. The summed E-state index contributed by atoms with van der Waals surface area (Å²) < 4.78 is 0. The normalized spacial score (nSPS) is 15.7. The van der Waals surface area contributed by atoms with Gasteiger partial charge in [0, 0.05) is 13.1 Å². The number of guanidine groups is 1. The first kappa shape index (κ1) is 34.0. The molecule has 0 aliphatic carbocycles. The molecule has 15 heteroatoms. The largest absolute Gasteiger partial charge is 0.481 e. The number of rotatable bonds is 17. The van der Waals surface area contributed by atoms with Crippen LogP contribution in [0, 0.1) is 0 Å². The molecule has 5 amide bonds. The topological polar surface area (TPSA) is 238 Å². The number of carboxylic acids is 2. The van der Waals surface area contributed by atoms with Crippen LogP contribution in [0.1, 0.15) is 42.9 Å². The monoisotopic (exact) mass is 623 g/mol. The molecule has 45 heavy (non-hydrogen) atoms. The first-order valence-electron chi connectivity index (χ1n) is 14.3. The number of hydrogen-bond acceptors (Lipinski definition) is 7. The van der Waals surface area contributed by atoms with E-state index in [1.54, 1.807) is 18.2 Å². The number of carboxylic acid groups (broad SMARTS) is 2. The van der Waals surface area contributed by atoms with Gasteiger partial charge in [-0.3, -0.25) is 29.1 Å². The number of aryl methyl sites for hydroxylation is 1. The highest BCUT2D eigenvalue weighted by Crippen LogP contribution is 2.22. The van der Waals surface area contributed by atoms with Crippen molar-refractivity contribution >= 4 is 41.7 Å². The molecule has 1 aliphatic rings. The Bertz CT molecular complexity index is 1400. The first-order valence-corrected chi connectivity index (χ1v) is 14.3. The third-order valence-electron chi connectivity index (χ3n) is 7.04. The van der Waals surface area contributed by atoms with E-state index in [0.717, 1.165) is 10.5 Å². The highest BCUT2D eigenvalue weighted by atomic mass is 16.4. The number of nitrogens with one attached hydrogen (secondary N) is 2. The van der Waals surface area contributed by atoms with Gasteiger partial charge < -0.3 is 37.2 Å². The molecule has 8 N–H and O–H groups in total. The molecule has 0 saturated carbocycles. The highest BCUT2D eigenvalue weighted by Gasteiger charge is 2.45. The minimum atomic E-state index is -1.69. The summed E-state index contributed by atoms with van der Waals surface area (Å²) in [7, 11) is 0. The van der Waals surface area contributed by atoms with E-state index in [0.29, 0.717) is 19.3 Å². The van der Waals surface area contributed by atoms with Crippen molar-refractivity contribution in [2.75, 3.05) is 19.6 Å². The molecular formula is C30H37N7O8. The van der Waals surface area contributed by atoms with E-state index >= 15 is 0 Å². The Morgan fingerprint density at radius 1 is 0.911 bits per heavy atom. The first-order chi connectivity index (χ1) is 21.5. The maximum atomic E-state index is 13.4. The zero-order valence-corrected chi connectivity index (χ0v) is 24.5. The van der Waals surface area contributed by atoms with Gasteiger partial charge in [-0.15, -0.1) is 0 Å². The van der Waals surface area contributed by atoms with Crippen LogP contribution in [0.4, 0.5) is 4.79 Å². The van der Waals surface area contributed by atoms with E-state index in [1.165, 1.54) is 17.0 Å². The number of nitrogens with two attached hydrogens (primary N) is 2. The summed E-state index contributed by atoms with van der Waals surface area (Å²) >= 11 is 0. The number of benzene rings is 2. The lowest BCUT2D eigenvalue weighted by Gasteiger charge is -2.22. The average molecular weight is 624 g/mol. The van der Waals surface area contributed by atoms with Crippen LogP contribution in [-0.2, 0) is 30.4 Å². The second-order valence-corrected chi connectivity index (χ2v) is 10.4. The third-order valence-corrected chi connectivity index (χ3v) is 7.04. The fourth-order valence-corrected chi connectivity index (χ4v) is 4.91. The standard InChI is InChI=1S/C30H37N7O8/c31-29(32)33-15-7-14-22-27(42)37(30(45)36(22)16-8-11-19-9-3-1-4-10-19)18-23(38)34-21(17-24(39)40)26(41)35-25(28(43)44)20-12-5-2-6-13-20/h1-6,9-10,12-13,21-22,25H,7-8,11,14-18H2,(H,34,38)(H,35,41)(H,39,40)(H,43,44)(H4,31,32,33)/t21-,22-,25-/m0/s1. The average Bonchev–Trinajstić information content (AvgIpc) is 3.21. The summed E-state index contributed by atoms with van der Waals surface area (Å²) in [6, 6.07) is 12.5. The summed E-state index contributed by atoms with van der Waals surface area (Å²) in [5, 5.41) is 23.5. The van der Waals surface area contributed by atoms with Gasteiger partial charge in [-0.25, -0.2) is 9.59 Å². The van der Waals surface area contributed by atoms with Crippen molar-refractivity contribution in [2.45, 2.75) is 50.2 Å². The van der Waals surface area contributed by atoms with Crippen molar-refractivity contribution in [3.05, 3.63) is 71.8 Å². The van der Waals surface area contributed by atoms with Gasteiger partial charge in [-0.05, 0) is 36.8 Å². The van der Waals surface area contributed by atoms with E-state index in [4.69, 9.17) is 11.5 Å². The molecule has 0 unspecified atom stereocenters. The molecule has 0 bridgehead atoms. The smallest absolute Gasteiger partial charge is 0.330 e. The van der Waals surface area contributed by atoms with Crippen molar-refractivity contribution in [1.29, 1.82) is 0 Å². The maximum Gasteiger partial charge on any atom is 0.330 e. The summed E-state index contributed by atoms with van der Waals surface area (Å²) in [5.41, 5.74) is 12.0. The lowest BCUT2D eigenvalue weighted by Crippen LogP contribution is -2.52. The number of aliphatic carboxylic acids is 2. The minimum Gasteiger partial charge on any atom is -0.481 e. The van der Waals surface area contributed by atoms with Crippen molar-refractivity contribution in [3.63, 3.8) is 0 Å². The van der Waals surface area contributed by atoms with Crippen LogP contribution < -0.4 is 22.1 Å². The second-order valence-electron chi connectivity index (χ2n) is 10.4. The molecule has 1 heterocycles. The SMILES string of the molecule is NC(N)=NCCC[C@H]1C(=O)N(CC(=O)N[C@@H](CC(=O)O)C(=O)N[C@H](C(=O)O)c2ccccc2)C(=O)N1CCCc1ccccc1. The Morgan fingerprint density at radius 2 is 1.56 bits per heavy atom. The van der Waals surface area contributed by atoms with Gasteiger partial charge in [0.15, 0.2) is 12.0 Å².